The quantitative estimate of drug-likeness (QED) is 0.688. The zero-order valence-corrected chi connectivity index (χ0v) is 10.1. The van der Waals surface area contributed by atoms with Crippen molar-refractivity contribution in [2.45, 2.75) is 32.1 Å². The lowest BCUT2D eigenvalue weighted by molar-refractivity contribution is -0.0448. The highest BCUT2D eigenvalue weighted by Crippen LogP contribution is 2.37. The summed E-state index contributed by atoms with van der Waals surface area (Å²) in [5.41, 5.74) is 2.40. The van der Waals surface area contributed by atoms with Crippen LogP contribution in [-0.2, 0) is 12.8 Å². The monoisotopic (exact) mass is 231 g/mol. The van der Waals surface area contributed by atoms with Crippen LogP contribution in [0.4, 0.5) is 8.78 Å². The van der Waals surface area contributed by atoms with E-state index in [4.69, 9.17) is 0 Å². The van der Waals surface area contributed by atoms with Gasteiger partial charge in [0.25, 0.3) is 0 Å². The molecule has 84 valence electrons. The number of aryl methyl sites for hydroxylation is 1. The van der Waals surface area contributed by atoms with E-state index in [-0.39, 0.29) is 0 Å². The van der Waals surface area contributed by atoms with Crippen molar-refractivity contribution in [1.82, 2.24) is 4.34 Å². The Morgan fingerprint density at radius 1 is 1.53 bits per heavy atom. The van der Waals surface area contributed by atoms with Crippen molar-refractivity contribution in [1.29, 1.82) is 0 Å². The Morgan fingerprint density at radius 3 is 2.87 bits per heavy atom. The first kappa shape index (κ1) is 11.1. The molecule has 2 unspecified atom stereocenters. The highest BCUT2D eigenvalue weighted by atomic mass is 31.1. The number of alkyl halides is 2. The fourth-order valence-electron chi connectivity index (χ4n) is 2.27. The Bertz CT molecular complexity index is 340. The minimum Gasteiger partial charge on any atom is -0.333 e. The van der Waals surface area contributed by atoms with Gasteiger partial charge >= 0.3 is 0 Å². The van der Waals surface area contributed by atoms with E-state index in [1.54, 1.807) is 0 Å². The number of rotatable bonds is 2. The number of aromatic nitrogens is 1. The van der Waals surface area contributed by atoms with Gasteiger partial charge in [-0.25, -0.2) is 8.78 Å². The molecule has 0 saturated carbocycles. The summed E-state index contributed by atoms with van der Waals surface area (Å²) in [6, 6.07) is 2.08. The number of halogens is 2. The van der Waals surface area contributed by atoms with Crippen LogP contribution in [0.3, 0.4) is 0 Å². The first-order valence-corrected chi connectivity index (χ1v) is 6.71. The molecule has 0 aromatic carbocycles. The topological polar surface area (TPSA) is 4.93 Å². The Kier molecular flexibility index (Phi) is 2.85. The summed E-state index contributed by atoms with van der Waals surface area (Å²) in [4.78, 5) is 0. The highest BCUT2D eigenvalue weighted by Gasteiger charge is 2.37. The van der Waals surface area contributed by atoms with Crippen molar-refractivity contribution in [3.05, 3.63) is 23.5 Å². The number of hydrogen-bond acceptors (Lipinski definition) is 0. The third-order valence-electron chi connectivity index (χ3n) is 3.25. The van der Waals surface area contributed by atoms with Crippen molar-refractivity contribution in [3.63, 3.8) is 0 Å². The third-order valence-corrected chi connectivity index (χ3v) is 4.15. The lowest BCUT2D eigenvalue weighted by Crippen LogP contribution is -2.30. The van der Waals surface area contributed by atoms with Crippen molar-refractivity contribution in [3.8, 4) is 0 Å². The van der Waals surface area contributed by atoms with Crippen molar-refractivity contribution < 1.29 is 8.78 Å². The molecule has 15 heavy (non-hydrogen) atoms. The van der Waals surface area contributed by atoms with Gasteiger partial charge in [-0.2, -0.15) is 0 Å². The fourth-order valence-corrected chi connectivity index (χ4v) is 3.00. The van der Waals surface area contributed by atoms with Crippen LogP contribution in [-0.4, -0.2) is 16.9 Å². The maximum absolute atomic E-state index is 13.2. The molecule has 4 heteroatoms. The average molecular weight is 231 g/mol. The van der Waals surface area contributed by atoms with E-state index >= 15 is 0 Å². The first-order valence-electron chi connectivity index (χ1n) is 5.27. The summed E-state index contributed by atoms with van der Waals surface area (Å²) < 4.78 is 28.6. The van der Waals surface area contributed by atoms with Crippen molar-refractivity contribution in [2.24, 2.45) is 5.92 Å². The second kappa shape index (κ2) is 3.86. The van der Waals surface area contributed by atoms with Gasteiger partial charge in [0, 0.05) is 17.8 Å². The van der Waals surface area contributed by atoms with Crippen LogP contribution in [0.2, 0.25) is 0 Å². The van der Waals surface area contributed by atoms with Gasteiger partial charge in [0.2, 0.25) is 5.92 Å². The summed E-state index contributed by atoms with van der Waals surface area (Å²) in [5.74, 6) is -3.01. The van der Waals surface area contributed by atoms with Crippen LogP contribution in [0, 0.1) is 5.92 Å². The van der Waals surface area contributed by atoms with E-state index in [2.05, 4.69) is 17.1 Å². The molecule has 0 radical (unpaired) electrons. The van der Waals surface area contributed by atoms with Gasteiger partial charge < -0.3 is 4.34 Å². The van der Waals surface area contributed by atoms with Gasteiger partial charge in [-0.1, -0.05) is 0 Å². The van der Waals surface area contributed by atoms with E-state index in [1.807, 2.05) is 6.20 Å². The summed E-state index contributed by atoms with van der Waals surface area (Å²) in [7, 11) is 0.638. The van der Waals surface area contributed by atoms with Gasteiger partial charge in [0.1, 0.15) is 0 Å². The summed E-state index contributed by atoms with van der Waals surface area (Å²) in [6.45, 7) is 3.12. The molecule has 1 aromatic heterocycles. The van der Waals surface area contributed by atoms with Crippen molar-refractivity contribution >= 4 is 8.73 Å². The van der Waals surface area contributed by atoms with E-state index in [0.29, 0.717) is 21.6 Å². The van der Waals surface area contributed by atoms with Crippen LogP contribution in [0.25, 0.3) is 0 Å². The molecule has 1 aliphatic carbocycles. The second-order valence-electron chi connectivity index (χ2n) is 4.28. The Labute approximate surface area is 90.7 Å². The van der Waals surface area contributed by atoms with Gasteiger partial charge in [0.15, 0.2) is 0 Å². The van der Waals surface area contributed by atoms with Gasteiger partial charge in [-0.3, -0.25) is 0 Å². The predicted octanol–water partition coefficient (Wildman–Crippen LogP) is 3.32. The molecule has 0 aliphatic heterocycles. The lowest BCUT2D eigenvalue weighted by atomic mass is 9.84. The van der Waals surface area contributed by atoms with Crippen LogP contribution >= 0.6 is 8.73 Å². The fraction of sp³-hybridized carbons (Fsp3) is 0.636. The van der Waals surface area contributed by atoms with Crippen LogP contribution in [0.1, 0.15) is 24.6 Å². The number of fused-ring (bicyclic) bond motifs is 1. The molecule has 1 nitrogen and oxygen atoms in total. The average Bonchev–Trinajstić information content (AvgIpc) is 2.57. The van der Waals surface area contributed by atoms with E-state index < -0.39 is 11.8 Å². The Balaban J connectivity index is 2.25. The van der Waals surface area contributed by atoms with Gasteiger partial charge in [0.05, 0.1) is 0 Å². The molecule has 2 rings (SSSR count). The van der Waals surface area contributed by atoms with Crippen molar-refractivity contribution in [2.75, 3.05) is 6.66 Å². The molecule has 0 bridgehead atoms. The molecule has 0 saturated heterocycles. The second-order valence-corrected chi connectivity index (χ2v) is 5.21. The standard InChI is InChI=1S/C11H16F2NP/c1-11(12,13)9-4-3-8-5-6-14(15-2)10(8)7-9/h5-6,9,15H,3-4,7H2,1-2H3. The molecule has 0 fully saturated rings. The van der Waals surface area contributed by atoms with Gasteiger partial charge in [-0.05, 0) is 53.2 Å². The SMILES string of the molecule is CPn1ccc2c1CC(C(C)(F)F)CC2. The third kappa shape index (κ3) is 2.08. The highest BCUT2D eigenvalue weighted by molar-refractivity contribution is 7.35. The minimum absolute atomic E-state index is 0.477. The maximum Gasteiger partial charge on any atom is 0.248 e. The summed E-state index contributed by atoms with van der Waals surface area (Å²) in [5, 5.41) is 0. The minimum atomic E-state index is -2.54. The van der Waals surface area contributed by atoms with Crippen LogP contribution in [0.5, 0.6) is 0 Å². The molecular weight excluding hydrogens is 215 g/mol. The Hall–Kier alpha value is -0.430. The van der Waals surface area contributed by atoms with Crippen LogP contribution < -0.4 is 0 Å². The first-order chi connectivity index (χ1) is 7.02. The molecule has 2 atom stereocenters. The van der Waals surface area contributed by atoms with Gasteiger partial charge in [-0.15, -0.1) is 0 Å². The maximum atomic E-state index is 13.2. The van der Waals surface area contributed by atoms with E-state index in [1.165, 1.54) is 5.56 Å². The molecule has 1 aliphatic rings. The molecule has 0 N–H and O–H groups in total. The summed E-state index contributed by atoms with van der Waals surface area (Å²) >= 11 is 0. The van der Waals surface area contributed by atoms with E-state index in [0.717, 1.165) is 19.0 Å². The molecule has 1 aromatic rings. The van der Waals surface area contributed by atoms with Crippen LogP contribution in [0.15, 0.2) is 12.3 Å². The Morgan fingerprint density at radius 2 is 2.27 bits per heavy atom. The smallest absolute Gasteiger partial charge is 0.248 e. The number of hydrogen-bond donors (Lipinski definition) is 0. The summed E-state index contributed by atoms with van der Waals surface area (Å²) in [6.07, 6.45) is 3.99. The lowest BCUT2D eigenvalue weighted by Gasteiger charge is -2.28. The normalized spacial score (nSPS) is 22.3. The molecule has 0 amide bonds. The largest absolute Gasteiger partial charge is 0.333 e. The zero-order chi connectivity index (χ0) is 11.1. The zero-order valence-electron chi connectivity index (χ0n) is 9.06. The molecule has 0 spiro atoms. The molecule has 1 heterocycles. The van der Waals surface area contributed by atoms with E-state index in [9.17, 15) is 8.78 Å². The number of nitrogens with zero attached hydrogens (tertiary/aromatic N) is 1. The predicted molar refractivity (Wildman–Crippen MR) is 60.2 cm³/mol. The molecular formula is C11H16F2NP.